The molecule has 5 aliphatic rings. The summed E-state index contributed by atoms with van der Waals surface area (Å²) in [6.45, 7) is 6.40. The molecule has 5 heteroatoms. The first-order valence-electron chi connectivity index (χ1n) is 11.3. The third-order valence-electron chi connectivity index (χ3n) is 9.57. The van der Waals surface area contributed by atoms with E-state index in [-0.39, 0.29) is 32.8 Å². The molecule has 0 amide bonds. The summed E-state index contributed by atoms with van der Waals surface area (Å²) >= 11 is 1.46. The molecule has 4 fully saturated rings. The van der Waals surface area contributed by atoms with E-state index < -0.39 is 0 Å². The van der Waals surface area contributed by atoms with Crippen LogP contribution in [0.4, 0.5) is 0 Å². The number of carbonyl (C=O) groups excluding carboxylic acids is 3. The van der Waals surface area contributed by atoms with E-state index in [0.29, 0.717) is 42.8 Å². The summed E-state index contributed by atoms with van der Waals surface area (Å²) in [5.74, 6) is 1.71. The number of hydrogen-bond acceptors (Lipinski definition) is 5. The lowest BCUT2D eigenvalue weighted by atomic mass is 9.46. The number of ketones is 1. The minimum absolute atomic E-state index is 0.00210. The SMILES string of the molecule is CC(=O)SC1C=C2CC(=O)CCC2(C)C2CCC3(C)C(CCC34CCC(=O)O4)C12. The third kappa shape index (κ3) is 2.68. The van der Waals surface area contributed by atoms with Gasteiger partial charge in [-0.15, -0.1) is 0 Å². The molecule has 7 atom stereocenters. The molecule has 5 rings (SSSR count). The van der Waals surface area contributed by atoms with Crippen LogP contribution in [-0.4, -0.2) is 27.7 Å². The molecule has 4 nitrogen and oxygen atoms in total. The van der Waals surface area contributed by atoms with Crippen LogP contribution in [-0.2, 0) is 19.1 Å². The standard InChI is InChI=1S/C24H32O4S/c1-14(25)29-19-13-15-12-16(26)4-8-22(15,2)17-5-9-23(3)18(21(17)19)6-10-24(23)11-7-20(27)28-24/h13,17-19,21H,4-12H2,1-3H3. The van der Waals surface area contributed by atoms with Crippen LogP contribution >= 0.6 is 11.8 Å². The molecule has 1 heterocycles. The molecule has 1 spiro atoms. The summed E-state index contributed by atoms with van der Waals surface area (Å²) < 4.78 is 6.05. The van der Waals surface area contributed by atoms with Gasteiger partial charge in [-0.05, 0) is 61.7 Å². The van der Waals surface area contributed by atoms with Crippen molar-refractivity contribution in [3.05, 3.63) is 11.6 Å². The second-order valence-electron chi connectivity index (χ2n) is 10.7. The Kier molecular flexibility index (Phi) is 4.41. The van der Waals surface area contributed by atoms with Crippen molar-refractivity contribution >= 4 is 28.6 Å². The summed E-state index contributed by atoms with van der Waals surface area (Å²) in [7, 11) is 0. The van der Waals surface area contributed by atoms with Gasteiger partial charge < -0.3 is 4.74 Å². The first-order chi connectivity index (χ1) is 13.7. The van der Waals surface area contributed by atoms with Gasteiger partial charge in [-0.25, -0.2) is 0 Å². The highest BCUT2D eigenvalue weighted by molar-refractivity contribution is 8.14. The van der Waals surface area contributed by atoms with Gasteiger partial charge in [0.05, 0.1) is 0 Å². The van der Waals surface area contributed by atoms with Crippen molar-refractivity contribution in [2.75, 3.05) is 0 Å². The molecule has 0 aromatic heterocycles. The number of hydrogen-bond donors (Lipinski definition) is 0. The summed E-state index contributed by atoms with van der Waals surface area (Å²) in [5.41, 5.74) is 1.08. The van der Waals surface area contributed by atoms with Gasteiger partial charge in [-0.1, -0.05) is 37.3 Å². The largest absolute Gasteiger partial charge is 0.458 e. The Balaban J connectivity index is 1.57. The number of carbonyl (C=O) groups is 3. The average Bonchev–Trinajstić information content (AvgIpc) is 3.17. The van der Waals surface area contributed by atoms with E-state index in [1.54, 1.807) is 6.92 Å². The topological polar surface area (TPSA) is 60.4 Å². The molecule has 0 N–H and O–H groups in total. The molecule has 1 saturated heterocycles. The predicted molar refractivity (Wildman–Crippen MR) is 112 cm³/mol. The highest BCUT2D eigenvalue weighted by atomic mass is 32.2. The average molecular weight is 417 g/mol. The maximum absolute atomic E-state index is 12.2. The number of thioether (sulfide) groups is 1. The van der Waals surface area contributed by atoms with E-state index in [2.05, 4.69) is 19.9 Å². The lowest BCUT2D eigenvalue weighted by molar-refractivity contribution is -0.166. The normalized spacial score (nSPS) is 48.6. The van der Waals surface area contributed by atoms with E-state index in [0.717, 1.165) is 38.5 Å². The maximum atomic E-state index is 12.2. The van der Waals surface area contributed by atoms with Crippen molar-refractivity contribution in [2.24, 2.45) is 28.6 Å². The van der Waals surface area contributed by atoms with Crippen LogP contribution in [0.3, 0.4) is 0 Å². The minimum atomic E-state index is -0.293. The van der Waals surface area contributed by atoms with Gasteiger partial charge in [0.15, 0.2) is 5.12 Å². The first kappa shape index (κ1) is 19.8. The molecule has 0 aromatic rings. The monoisotopic (exact) mass is 416 g/mol. The number of fused-ring (bicyclic) bond motifs is 6. The fourth-order valence-electron chi connectivity index (χ4n) is 8.04. The highest BCUT2D eigenvalue weighted by Crippen LogP contribution is 2.70. The Hall–Kier alpha value is -1.10. The quantitative estimate of drug-likeness (QED) is 0.452. The van der Waals surface area contributed by atoms with Crippen LogP contribution in [0.5, 0.6) is 0 Å². The number of allylic oxidation sites excluding steroid dienone is 1. The zero-order valence-electron chi connectivity index (χ0n) is 17.8. The molecular formula is C24H32O4S. The van der Waals surface area contributed by atoms with Crippen LogP contribution in [0, 0.1) is 28.6 Å². The smallest absolute Gasteiger partial charge is 0.306 e. The Bertz CT molecular complexity index is 818. The zero-order valence-corrected chi connectivity index (χ0v) is 18.6. The minimum Gasteiger partial charge on any atom is -0.458 e. The van der Waals surface area contributed by atoms with Crippen molar-refractivity contribution in [2.45, 2.75) is 89.4 Å². The van der Waals surface area contributed by atoms with E-state index in [9.17, 15) is 14.4 Å². The van der Waals surface area contributed by atoms with Crippen molar-refractivity contribution in [3.63, 3.8) is 0 Å². The van der Waals surface area contributed by atoms with Gasteiger partial charge in [0.1, 0.15) is 11.4 Å². The zero-order chi connectivity index (χ0) is 20.6. The summed E-state index contributed by atoms with van der Waals surface area (Å²) in [4.78, 5) is 36.4. The van der Waals surface area contributed by atoms with Crippen molar-refractivity contribution < 1.29 is 19.1 Å². The molecule has 0 bridgehead atoms. The lowest BCUT2D eigenvalue weighted by Crippen LogP contribution is -2.57. The van der Waals surface area contributed by atoms with E-state index in [4.69, 9.17) is 4.74 Å². The fraction of sp³-hybridized carbons (Fsp3) is 0.792. The number of Topliss-reactive ketones (excluding diaryl/α,β-unsaturated/α-hetero) is 1. The third-order valence-corrected chi connectivity index (χ3v) is 10.6. The fourth-order valence-corrected chi connectivity index (χ4v) is 9.19. The van der Waals surface area contributed by atoms with Crippen molar-refractivity contribution in [3.8, 4) is 0 Å². The van der Waals surface area contributed by atoms with Crippen LogP contribution in [0.1, 0.15) is 78.6 Å². The second-order valence-corrected chi connectivity index (χ2v) is 12.0. The summed E-state index contributed by atoms with van der Waals surface area (Å²) in [6.07, 6.45) is 10.1. The second kappa shape index (κ2) is 6.45. The molecule has 29 heavy (non-hydrogen) atoms. The van der Waals surface area contributed by atoms with Gasteiger partial charge in [-0.3, -0.25) is 14.4 Å². The Morgan fingerprint density at radius 1 is 1.07 bits per heavy atom. The van der Waals surface area contributed by atoms with Gasteiger partial charge in [0.2, 0.25) is 0 Å². The van der Waals surface area contributed by atoms with Crippen molar-refractivity contribution in [1.29, 1.82) is 0 Å². The Labute approximate surface area is 177 Å². The molecular weight excluding hydrogens is 384 g/mol. The van der Waals surface area contributed by atoms with Crippen LogP contribution in [0.25, 0.3) is 0 Å². The molecule has 1 aliphatic heterocycles. The van der Waals surface area contributed by atoms with E-state index >= 15 is 0 Å². The van der Waals surface area contributed by atoms with E-state index in [1.165, 1.54) is 17.3 Å². The molecule has 158 valence electrons. The summed E-state index contributed by atoms with van der Waals surface area (Å²) in [5, 5.41) is 0.298. The molecule has 4 aliphatic carbocycles. The van der Waals surface area contributed by atoms with E-state index in [1.807, 2.05) is 0 Å². The van der Waals surface area contributed by atoms with Crippen LogP contribution in [0.15, 0.2) is 11.6 Å². The molecule has 7 unspecified atom stereocenters. The number of rotatable bonds is 1. The van der Waals surface area contributed by atoms with Crippen LogP contribution in [0.2, 0.25) is 0 Å². The maximum Gasteiger partial charge on any atom is 0.306 e. The molecule has 0 aromatic carbocycles. The predicted octanol–water partition coefficient (Wildman–Crippen LogP) is 4.85. The van der Waals surface area contributed by atoms with Crippen molar-refractivity contribution in [1.82, 2.24) is 0 Å². The lowest BCUT2D eigenvalue weighted by Gasteiger charge is -2.60. The molecule has 3 saturated carbocycles. The van der Waals surface area contributed by atoms with Gasteiger partial charge in [0.25, 0.3) is 0 Å². The first-order valence-corrected chi connectivity index (χ1v) is 12.2. The molecule has 0 radical (unpaired) electrons. The number of ether oxygens (including phenoxy) is 1. The Morgan fingerprint density at radius 3 is 2.52 bits per heavy atom. The highest BCUT2D eigenvalue weighted by Gasteiger charge is 2.68. The van der Waals surface area contributed by atoms with Crippen LogP contribution < -0.4 is 0 Å². The van der Waals surface area contributed by atoms with Gasteiger partial charge in [-0.2, -0.15) is 0 Å². The number of esters is 1. The van der Waals surface area contributed by atoms with Gasteiger partial charge in [0, 0.05) is 36.9 Å². The Morgan fingerprint density at radius 2 is 1.83 bits per heavy atom. The summed E-state index contributed by atoms with van der Waals surface area (Å²) in [6, 6.07) is 0. The van der Waals surface area contributed by atoms with Gasteiger partial charge >= 0.3 is 5.97 Å².